The van der Waals surface area contributed by atoms with Crippen molar-refractivity contribution >= 4 is 62.3 Å². The highest BCUT2D eigenvalue weighted by atomic mass is 35.5. The lowest BCUT2D eigenvalue weighted by Gasteiger charge is -2.14. The Kier molecular flexibility index (Phi) is 7.24. The van der Waals surface area contributed by atoms with Gasteiger partial charge in [0.15, 0.2) is 10.1 Å². The Morgan fingerprint density at radius 3 is 2.60 bits per heavy atom. The Hall–Kier alpha value is -2.69. The van der Waals surface area contributed by atoms with Crippen molar-refractivity contribution in [1.29, 1.82) is 0 Å². The number of hydrogen-bond acceptors (Lipinski definition) is 7. The molecule has 3 aromatic rings. The van der Waals surface area contributed by atoms with Gasteiger partial charge in [0.25, 0.3) is 5.91 Å². The minimum atomic E-state index is -0.400. The number of anilines is 1. The highest BCUT2D eigenvalue weighted by Crippen LogP contribution is 2.28. The summed E-state index contributed by atoms with van der Waals surface area (Å²) < 4.78 is 12.9. The van der Waals surface area contributed by atoms with Gasteiger partial charge in [0.1, 0.15) is 5.82 Å². The molecule has 11 heteroatoms. The van der Waals surface area contributed by atoms with Crippen molar-refractivity contribution < 1.29 is 14.0 Å². The molecule has 7 nitrogen and oxygen atoms in total. The summed E-state index contributed by atoms with van der Waals surface area (Å²) in [5.74, 6) is -0.825. The third kappa shape index (κ3) is 5.47. The number of thiazole rings is 1. The number of carbonyl (C=O) groups is 2. The maximum Gasteiger partial charge on any atom is 0.282 e. The normalized spacial score (nSPS) is 11.4. The number of nitrogens with zero attached hydrogens (tertiary/aromatic N) is 4. The topological polar surface area (TPSA) is 88.1 Å². The van der Waals surface area contributed by atoms with E-state index in [9.17, 15) is 14.0 Å². The molecule has 0 bridgehead atoms. The predicted molar refractivity (Wildman–Crippen MR) is 117 cm³/mol. The van der Waals surface area contributed by atoms with E-state index in [1.807, 2.05) is 6.92 Å². The second-order valence-electron chi connectivity index (χ2n) is 6.03. The molecular formula is C19H17ClFN5O2S2. The van der Waals surface area contributed by atoms with E-state index >= 15 is 0 Å². The van der Waals surface area contributed by atoms with E-state index in [1.165, 1.54) is 30.4 Å². The van der Waals surface area contributed by atoms with E-state index in [4.69, 9.17) is 11.6 Å². The summed E-state index contributed by atoms with van der Waals surface area (Å²) in [6, 6.07) is 5.84. The molecule has 2 heterocycles. The van der Waals surface area contributed by atoms with Gasteiger partial charge in [-0.15, -0.1) is 21.5 Å². The van der Waals surface area contributed by atoms with Crippen molar-refractivity contribution in [3.63, 3.8) is 0 Å². The molecule has 1 N–H and O–H groups in total. The number of benzene rings is 1. The summed E-state index contributed by atoms with van der Waals surface area (Å²) in [7, 11) is 0. The quantitative estimate of drug-likeness (QED) is 0.565. The van der Waals surface area contributed by atoms with Crippen molar-refractivity contribution in [2.45, 2.75) is 20.4 Å². The fraction of sp³-hybridized carbons (Fsp3) is 0.211. The molecule has 2 aromatic heterocycles. The molecule has 0 aliphatic rings. The zero-order chi connectivity index (χ0) is 21.7. The van der Waals surface area contributed by atoms with Crippen LogP contribution >= 0.6 is 34.3 Å². The Labute approximate surface area is 185 Å². The van der Waals surface area contributed by atoms with Gasteiger partial charge in [0.2, 0.25) is 10.9 Å². The van der Waals surface area contributed by atoms with Crippen LogP contribution in [0.15, 0.2) is 29.6 Å². The molecule has 156 valence electrons. The van der Waals surface area contributed by atoms with Gasteiger partial charge < -0.3 is 5.32 Å². The molecule has 1 aromatic carbocycles. The first kappa shape index (κ1) is 22.0. The molecule has 0 radical (unpaired) electrons. The lowest BCUT2D eigenvalue weighted by Crippen LogP contribution is -2.27. The number of rotatable bonds is 7. The number of hydrogen-bond donors (Lipinski definition) is 1. The van der Waals surface area contributed by atoms with E-state index in [0.29, 0.717) is 22.4 Å². The average molecular weight is 466 g/mol. The van der Waals surface area contributed by atoms with Crippen LogP contribution in [0.2, 0.25) is 0 Å². The molecule has 30 heavy (non-hydrogen) atoms. The molecule has 0 aliphatic carbocycles. The highest BCUT2D eigenvalue weighted by Gasteiger charge is 2.16. The van der Waals surface area contributed by atoms with Gasteiger partial charge in [-0.25, -0.2) is 9.37 Å². The van der Waals surface area contributed by atoms with Crippen LogP contribution in [-0.4, -0.2) is 33.5 Å². The summed E-state index contributed by atoms with van der Waals surface area (Å²) in [6.07, 6.45) is 1.61. The van der Waals surface area contributed by atoms with Crippen molar-refractivity contribution in [2.24, 2.45) is 0 Å². The molecule has 0 spiro atoms. The fourth-order valence-electron chi connectivity index (χ4n) is 2.42. The van der Waals surface area contributed by atoms with E-state index in [-0.39, 0.29) is 28.3 Å². The van der Waals surface area contributed by atoms with Gasteiger partial charge in [-0.1, -0.05) is 35.1 Å². The Balaban J connectivity index is 1.66. The summed E-state index contributed by atoms with van der Waals surface area (Å²) in [5, 5.41) is 13.7. The molecule has 0 fully saturated rings. The van der Waals surface area contributed by atoms with Gasteiger partial charge in [0.05, 0.1) is 10.7 Å². The van der Waals surface area contributed by atoms with Crippen LogP contribution in [0, 0.1) is 5.82 Å². The van der Waals surface area contributed by atoms with E-state index in [0.717, 1.165) is 16.9 Å². The fourth-order valence-corrected chi connectivity index (χ4v) is 4.25. The number of nitrogens with one attached hydrogen (secondary N) is 1. The summed E-state index contributed by atoms with van der Waals surface area (Å²) in [5.41, 5.74) is 1.34. The standard InChI is InChI=1S/C19H17ClFN5O2S2/c1-3-26(11(2)27)19-23-14(10-29-19)8-15(20)17-24-25-18(30-17)16(28)22-9-12-4-6-13(21)7-5-12/h4-8,10H,3,9H2,1-2H3,(H,22,28)/b15-8-. The van der Waals surface area contributed by atoms with E-state index in [1.54, 1.807) is 28.5 Å². The van der Waals surface area contributed by atoms with Crippen LogP contribution in [0.5, 0.6) is 0 Å². The second-order valence-corrected chi connectivity index (χ2v) is 8.25. The summed E-state index contributed by atoms with van der Waals surface area (Å²) >= 11 is 8.70. The monoisotopic (exact) mass is 465 g/mol. The number of carbonyl (C=O) groups excluding carboxylic acids is 2. The lowest BCUT2D eigenvalue weighted by molar-refractivity contribution is -0.116. The highest BCUT2D eigenvalue weighted by molar-refractivity contribution is 7.15. The second kappa shape index (κ2) is 9.88. The molecule has 0 unspecified atom stereocenters. The Morgan fingerprint density at radius 1 is 1.23 bits per heavy atom. The first-order valence-corrected chi connectivity index (χ1v) is 10.9. The summed E-state index contributed by atoms with van der Waals surface area (Å²) in [4.78, 5) is 29.9. The van der Waals surface area contributed by atoms with Crippen LogP contribution in [0.1, 0.15) is 39.9 Å². The number of halogens is 2. The average Bonchev–Trinajstić information content (AvgIpc) is 3.38. The van der Waals surface area contributed by atoms with Gasteiger partial charge in [-0.3, -0.25) is 14.5 Å². The van der Waals surface area contributed by atoms with Gasteiger partial charge in [-0.2, -0.15) is 0 Å². The van der Waals surface area contributed by atoms with Crippen molar-refractivity contribution in [1.82, 2.24) is 20.5 Å². The minimum Gasteiger partial charge on any atom is -0.346 e. The SMILES string of the molecule is CCN(C(C)=O)c1nc(/C=C(\Cl)c2nnc(C(=O)NCc3ccc(F)cc3)s2)cs1. The van der Waals surface area contributed by atoms with Gasteiger partial charge in [-0.05, 0) is 30.7 Å². The molecule has 0 saturated heterocycles. The maximum absolute atomic E-state index is 12.9. The largest absolute Gasteiger partial charge is 0.346 e. The lowest BCUT2D eigenvalue weighted by atomic mass is 10.2. The van der Waals surface area contributed by atoms with Crippen molar-refractivity contribution in [3.8, 4) is 0 Å². The maximum atomic E-state index is 12.9. The van der Waals surface area contributed by atoms with Gasteiger partial charge >= 0.3 is 0 Å². The molecule has 0 atom stereocenters. The third-order valence-electron chi connectivity index (χ3n) is 3.90. The van der Waals surface area contributed by atoms with Crippen LogP contribution in [0.3, 0.4) is 0 Å². The molecule has 0 saturated carbocycles. The van der Waals surface area contributed by atoms with Gasteiger partial charge in [0, 0.05) is 25.4 Å². The zero-order valence-corrected chi connectivity index (χ0v) is 18.4. The Bertz CT molecular complexity index is 1080. The van der Waals surface area contributed by atoms with E-state index < -0.39 is 5.91 Å². The Morgan fingerprint density at radius 2 is 1.93 bits per heavy atom. The molecule has 2 amide bonds. The third-order valence-corrected chi connectivity index (χ3v) is 6.14. The van der Waals surface area contributed by atoms with Crippen LogP contribution < -0.4 is 10.2 Å². The van der Waals surface area contributed by atoms with Crippen LogP contribution in [0.4, 0.5) is 9.52 Å². The summed E-state index contributed by atoms with van der Waals surface area (Å²) in [6.45, 7) is 4.11. The molecular weight excluding hydrogens is 449 g/mol. The van der Waals surface area contributed by atoms with Crippen molar-refractivity contribution in [2.75, 3.05) is 11.4 Å². The first-order chi connectivity index (χ1) is 14.4. The predicted octanol–water partition coefficient (Wildman–Crippen LogP) is 4.17. The van der Waals surface area contributed by atoms with Crippen LogP contribution in [0.25, 0.3) is 11.1 Å². The van der Waals surface area contributed by atoms with Crippen molar-refractivity contribution in [3.05, 3.63) is 56.7 Å². The number of aromatic nitrogens is 3. The molecule has 0 aliphatic heterocycles. The minimum absolute atomic E-state index is 0.0890. The first-order valence-electron chi connectivity index (χ1n) is 8.84. The zero-order valence-electron chi connectivity index (χ0n) is 16.1. The van der Waals surface area contributed by atoms with E-state index in [2.05, 4.69) is 20.5 Å². The number of amides is 2. The molecule has 3 rings (SSSR count). The van der Waals surface area contributed by atoms with Crippen LogP contribution in [-0.2, 0) is 11.3 Å². The smallest absolute Gasteiger partial charge is 0.282 e.